The maximum atomic E-state index is 7.37. The fourth-order valence-corrected chi connectivity index (χ4v) is 0.918. The molecular formula is C10H9N3O. The largest absolute Gasteiger partial charge is 0.472 e. The van der Waals surface area contributed by atoms with E-state index in [2.05, 4.69) is 15.2 Å². The molecule has 2 heterocycles. The van der Waals surface area contributed by atoms with Crippen molar-refractivity contribution in [1.29, 1.82) is 0 Å². The van der Waals surface area contributed by atoms with Gasteiger partial charge in [0.25, 0.3) is 0 Å². The van der Waals surface area contributed by atoms with E-state index in [1.807, 2.05) is 6.07 Å². The quantitative estimate of drug-likeness (QED) is 0.669. The fraction of sp³-hybridized carbons (Fsp3) is 0.100. The van der Waals surface area contributed by atoms with Gasteiger partial charge < -0.3 is 4.74 Å². The summed E-state index contributed by atoms with van der Waals surface area (Å²) in [6, 6.07) is 5.76. The molecule has 0 fully saturated rings. The van der Waals surface area contributed by atoms with Crippen LogP contribution in [0.4, 0.5) is 5.82 Å². The Morgan fingerprint density at radius 1 is 1.43 bits per heavy atom. The molecule has 4 nitrogen and oxygen atoms in total. The summed E-state index contributed by atoms with van der Waals surface area (Å²) in [5.41, 5.74) is 0. The molecule has 0 aliphatic carbocycles. The van der Waals surface area contributed by atoms with Crippen LogP contribution in [0.2, 0.25) is 0 Å². The lowest BCUT2D eigenvalue weighted by Crippen LogP contribution is -1.92. The van der Waals surface area contributed by atoms with E-state index in [4.69, 9.17) is 6.11 Å². The molecule has 0 amide bonds. The number of allylic oxidation sites excluding steroid dienone is 2. The van der Waals surface area contributed by atoms with Gasteiger partial charge in [-0.05, 0) is 18.2 Å². The SMILES string of the molecule is [2H]C1=CCOC(N=Nc2ccccn2)=C1. The van der Waals surface area contributed by atoms with Crippen LogP contribution in [0.5, 0.6) is 0 Å². The summed E-state index contributed by atoms with van der Waals surface area (Å²) in [7, 11) is 0. The van der Waals surface area contributed by atoms with Gasteiger partial charge in [0, 0.05) is 12.3 Å². The van der Waals surface area contributed by atoms with Crippen LogP contribution >= 0.6 is 0 Å². The number of aromatic nitrogens is 1. The van der Waals surface area contributed by atoms with E-state index in [0.717, 1.165) is 0 Å². The van der Waals surface area contributed by atoms with Crippen molar-refractivity contribution in [2.24, 2.45) is 10.2 Å². The van der Waals surface area contributed by atoms with E-state index in [9.17, 15) is 0 Å². The third-order valence-electron chi connectivity index (χ3n) is 1.54. The summed E-state index contributed by atoms with van der Waals surface area (Å²) >= 11 is 0. The minimum atomic E-state index is 0.341. The minimum absolute atomic E-state index is 0.341. The smallest absolute Gasteiger partial charge is 0.233 e. The van der Waals surface area contributed by atoms with Gasteiger partial charge in [-0.2, -0.15) is 0 Å². The highest BCUT2D eigenvalue weighted by atomic mass is 16.5. The predicted octanol–water partition coefficient (Wildman–Crippen LogP) is 2.59. The maximum absolute atomic E-state index is 7.37. The van der Waals surface area contributed by atoms with Gasteiger partial charge >= 0.3 is 0 Å². The van der Waals surface area contributed by atoms with Crippen LogP contribution in [-0.2, 0) is 4.74 Å². The van der Waals surface area contributed by atoms with Crippen LogP contribution in [0.3, 0.4) is 0 Å². The first-order chi connectivity index (χ1) is 7.34. The molecule has 2 rings (SSSR count). The zero-order valence-corrected chi connectivity index (χ0v) is 7.42. The number of rotatable bonds is 2. The van der Waals surface area contributed by atoms with Crippen molar-refractivity contribution in [2.75, 3.05) is 6.61 Å². The van der Waals surface area contributed by atoms with Gasteiger partial charge in [0.2, 0.25) is 5.88 Å². The van der Waals surface area contributed by atoms with Crippen molar-refractivity contribution >= 4 is 5.82 Å². The lowest BCUT2D eigenvalue weighted by molar-refractivity contribution is 0.238. The molecule has 0 spiro atoms. The number of pyridine rings is 1. The molecule has 0 atom stereocenters. The lowest BCUT2D eigenvalue weighted by Gasteiger charge is -2.03. The Hall–Kier alpha value is -1.97. The molecule has 0 unspecified atom stereocenters. The molecule has 4 heteroatoms. The molecular weight excluding hydrogens is 178 g/mol. The van der Waals surface area contributed by atoms with E-state index in [-0.39, 0.29) is 0 Å². The van der Waals surface area contributed by atoms with Gasteiger partial charge in [-0.3, -0.25) is 0 Å². The predicted molar refractivity (Wildman–Crippen MR) is 51.9 cm³/mol. The number of ether oxygens (including phenoxy) is 1. The molecule has 1 aliphatic rings. The third kappa shape index (κ3) is 2.26. The summed E-state index contributed by atoms with van der Waals surface area (Å²) in [6.45, 7) is 0.367. The Labute approximate surface area is 83.1 Å². The first kappa shape index (κ1) is 7.44. The van der Waals surface area contributed by atoms with Crippen LogP contribution in [0.25, 0.3) is 0 Å². The monoisotopic (exact) mass is 188 g/mol. The number of nitrogens with zero attached hydrogens (tertiary/aromatic N) is 3. The van der Waals surface area contributed by atoms with Crippen molar-refractivity contribution in [3.63, 3.8) is 0 Å². The Morgan fingerprint density at radius 2 is 2.43 bits per heavy atom. The van der Waals surface area contributed by atoms with Crippen LogP contribution < -0.4 is 0 Å². The Kier molecular flexibility index (Phi) is 2.29. The third-order valence-corrected chi connectivity index (χ3v) is 1.54. The molecule has 0 saturated carbocycles. The zero-order chi connectivity index (χ0) is 10.5. The first-order valence-corrected chi connectivity index (χ1v) is 4.18. The maximum Gasteiger partial charge on any atom is 0.233 e. The fourth-order valence-electron chi connectivity index (χ4n) is 0.918. The topological polar surface area (TPSA) is 46.8 Å². The Morgan fingerprint density at radius 3 is 3.21 bits per heavy atom. The molecule has 0 aromatic carbocycles. The van der Waals surface area contributed by atoms with Crippen molar-refractivity contribution in [3.8, 4) is 0 Å². The normalized spacial score (nSPS) is 17.0. The molecule has 0 bridgehead atoms. The average molecular weight is 188 g/mol. The van der Waals surface area contributed by atoms with Crippen molar-refractivity contribution in [3.05, 3.63) is 48.5 Å². The molecule has 14 heavy (non-hydrogen) atoms. The molecule has 70 valence electrons. The Bertz CT molecular complexity index is 426. The van der Waals surface area contributed by atoms with Crippen LogP contribution in [0, 0.1) is 0 Å². The minimum Gasteiger partial charge on any atom is -0.472 e. The van der Waals surface area contributed by atoms with Gasteiger partial charge in [0.05, 0.1) is 1.37 Å². The summed E-state index contributed by atoms with van der Waals surface area (Å²) in [5, 5.41) is 7.72. The van der Waals surface area contributed by atoms with E-state index in [1.165, 1.54) is 6.08 Å². The van der Waals surface area contributed by atoms with E-state index in [0.29, 0.717) is 24.4 Å². The van der Waals surface area contributed by atoms with Crippen molar-refractivity contribution < 1.29 is 6.11 Å². The van der Waals surface area contributed by atoms with Gasteiger partial charge in [-0.25, -0.2) is 4.98 Å². The second-order valence-corrected chi connectivity index (χ2v) is 2.55. The molecule has 1 aliphatic heterocycles. The van der Waals surface area contributed by atoms with E-state index < -0.39 is 0 Å². The molecule has 0 radical (unpaired) electrons. The van der Waals surface area contributed by atoms with Crippen LogP contribution in [0.1, 0.15) is 1.37 Å². The Balaban J connectivity index is 2.09. The highest BCUT2D eigenvalue weighted by molar-refractivity contribution is 5.24. The lowest BCUT2D eigenvalue weighted by atomic mass is 10.4. The van der Waals surface area contributed by atoms with Crippen molar-refractivity contribution in [2.45, 2.75) is 0 Å². The summed E-state index contributed by atoms with van der Waals surface area (Å²) in [5.74, 6) is 0.858. The summed E-state index contributed by atoms with van der Waals surface area (Å²) < 4.78 is 12.5. The van der Waals surface area contributed by atoms with Gasteiger partial charge in [-0.1, -0.05) is 12.1 Å². The van der Waals surface area contributed by atoms with Crippen LogP contribution in [0.15, 0.2) is 58.7 Å². The first-order valence-electron chi connectivity index (χ1n) is 4.68. The van der Waals surface area contributed by atoms with Crippen LogP contribution in [-0.4, -0.2) is 11.6 Å². The second kappa shape index (κ2) is 4.32. The highest BCUT2D eigenvalue weighted by Crippen LogP contribution is 2.11. The zero-order valence-electron chi connectivity index (χ0n) is 8.42. The average Bonchev–Trinajstić information content (AvgIpc) is 2.28. The molecule has 1 aromatic rings. The number of hydrogen-bond acceptors (Lipinski definition) is 4. The number of hydrogen-bond donors (Lipinski definition) is 0. The van der Waals surface area contributed by atoms with Gasteiger partial charge in [0.1, 0.15) is 6.61 Å². The highest BCUT2D eigenvalue weighted by Gasteiger charge is 1.96. The summed E-state index contributed by atoms with van der Waals surface area (Å²) in [4.78, 5) is 3.98. The standard InChI is InChI=1S/C10H9N3O/c1-3-7-11-9(5-1)12-13-10-6-2-4-8-14-10/h1-7H,8H2/i2D. The van der Waals surface area contributed by atoms with Gasteiger partial charge in [-0.15, -0.1) is 10.2 Å². The van der Waals surface area contributed by atoms with E-state index >= 15 is 0 Å². The molecule has 0 N–H and O–H groups in total. The summed E-state index contributed by atoms with van der Waals surface area (Å²) in [6.07, 6.45) is 4.80. The van der Waals surface area contributed by atoms with E-state index in [1.54, 1.807) is 24.4 Å². The van der Waals surface area contributed by atoms with Crippen molar-refractivity contribution in [1.82, 2.24) is 4.98 Å². The molecule has 0 saturated heterocycles. The van der Waals surface area contributed by atoms with Gasteiger partial charge in [0.15, 0.2) is 5.82 Å². The molecule has 1 aromatic heterocycles. The second-order valence-electron chi connectivity index (χ2n) is 2.55. The number of azo groups is 1.